The maximum absolute atomic E-state index is 9.74. The maximum Gasteiger partial charge on any atom is 0.0613 e. The van der Waals surface area contributed by atoms with Gasteiger partial charge in [-0.2, -0.15) is 0 Å². The van der Waals surface area contributed by atoms with Crippen molar-refractivity contribution in [3.05, 3.63) is 0 Å². The molecule has 2 saturated carbocycles. The maximum atomic E-state index is 9.74. The van der Waals surface area contributed by atoms with Crippen molar-refractivity contribution in [2.45, 2.75) is 95.2 Å². The fourth-order valence-electron chi connectivity index (χ4n) is 3.32. The van der Waals surface area contributed by atoms with Gasteiger partial charge in [0, 0.05) is 18.2 Å². The highest BCUT2D eigenvalue weighted by atomic mass is 16.5. The van der Waals surface area contributed by atoms with E-state index in [2.05, 4.69) is 12.2 Å². The Labute approximate surface area is 124 Å². The lowest BCUT2D eigenvalue weighted by Gasteiger charge is -2.32. The van der Waals surface area contributed by atoms with Crippen LogP contribution in [0.2, 0.25) is 0 Å². The Morgan fingerprint density at radius 2 is 1.80 bits per heavy atom. The minimum atomic E-state index is -0.0615. The van der Waals surface area contributed by atoms with E-state index in [1.165, 1.54) is 51.4 Å². The lowest BCUT2D eigenvalue weighted by Crippen LogP contribution is -2.49. The summed E-state index contributed by atoms with van der Waals surface area (Å²) < 4.78 is 6.06. The Bertz CT molecular complexity index is 254. The van der Waals surface area contributed by atoms with Gasteiger partial charge >= 0.3 is 0 Å². The molecule has 0 spiro atoms. The topological polar surface area (TPSA) is 41.5 Å². The Kier molecular flexibility index (Phi) is 6.79. The number of hydrogen-bond donors (Lipinski definition) is 2. The summed E-state index contributed by atoms with van der Waals surface area (Å²) in [4.78, 5) is 0. The third-order valence-corrected chi connectivity index (χ3v) is 5.02. The quantitative estimate of drug-likeness (QED) is 0.503. The molecule has 3 heteroatoms. The zero-order valence-electron chi connectivity index (χ0n) is 13.2. The van der Waals surface area contributed by atoms with E-state index < -0.39 is 0 Å². The summed E-state index contributed by atoms with van der Waals surface area (Å²) in [7, 11) is 0. The molecular weight excluding hydrogens is 250 g/mol. The second kappa shape index (κ2) is 8.35. The van der Waals surface area contributed by atoms with Crippen LogP contribution in [0.3, 0.4) is 0 Å². The molecule has 0 aromatic carbocycles. The van der Waals surface area contributed by atoms with E-state index in [9.17, 15) is 5.11 Å². The molecule has 0 aromatic heterocycles. The van der Waals surface area contributed by atoms with Gasteiger partial charge in [-0.05, 0) is 44.9 Å². The van der Waals surface area contributed by atoms with Crippen molar-refractivity contribution in [2.75, 3.05) is 13.2 Å². The van der Waals surface area contributed by atoms with Crippen LogP contribution in [0.5, 0.6) is 0 Å². The highest BCUT2D eigenvalue weighted by Gasteiger charge is 2.33. The first-order valence-electron chi connectivity index (χ1n) is 8.78. The largest absolute Gasteiger partial charge is 0.394 e. The van der Waals surface area contributed by atoms with Gasteiger partial charge in [0.25, 0.3) is 0 Å². The van der Waals surface area contributed by atoms with Crippen molar-refractivity contribution in [3.8, 4) is 0 Å². The second-order valence-corrected chi connectivity index (χ2v) is 6.80. The molecule has 0 radical (unpaired) electrons. The van der Waals surface area contributed by atoms with E-state index in [-0.39, 0.29) is 12.1 Å². The normalized spacial score (nSPS) is 24.3. The van der Waals surface area contributed by atoms with Crippen molar-refractivity contribution in [1.82, 2.24) is 5.32 Å². The molecule has 0 aliphatic heterocycles. The molecule has 2 rings (SSSR count). The van der Waals surface area contributed by atoms with Crippen molar-refractivity contribution in [2.24, 2.45) is 0 Å². The third-order valence-electron chi connectivity index (χ3n) is 5.02. The summed E-state index contributed by atoms with van der Waals surface area (Å²) in [5.74, 6) is 0. The smallest absolute Gasteiger partial charge is 0.0613 e. The number of hydrogen-bond acceptors (Lipinski definition) is 3. The molecule has 0 amide bonds. The molecule has 0 saturated heterocycles. The number of nitrogens with one attached hydrogen (secondary N) is 1. The van der Waals surface area contributed by atoms with Crippen molar-refractivity contribution < 1.29 is 9.84 Å². The van der Waals surface area contributed by atoms with E-state index >= 15 is 0 Å². The molecule has 0 heterocycles. The molecule has 2 N–H and O–H groups in total. The SMILES string of the molecule is CCC(CO)(CCCOC1CCCCCC1)NC1CC1. The average Bonchev–Trinajstić information content (AvgIpc) is 3.30. The lowest BCUT2D eigenvalue weighted by molar-refractivity contribution is 0.0338. The van der Waals surface area contributed by atoms with E-state index in [0.717, 1.165) is 25.9 Å². The van der Waals surface area contributed by atoms with Crippen molar-refractivity contribution in [3.63, 3.8) is 0 Å². The summed E-state index contributed by atoms with van der Waals surface area (Å²) in [6.07, 6.45) is 14.1. The minimum Gasteiger partial charge on any atom is -0.394 e. The molecule has 2 fully saturated rings. The van der Waals surface area contributed by atoms with E-state index in [1.807, 2.05) is 0 Å². The summed E-state index contributed by atoms with van der Waals surface area (Å²) in [5, 5.41) is 13.4. The van der Waals surface area contributed by atoms with Crippen LogP contribution in [0.15, 0.2) is 0 Å². The standard InChI is InChI=1S/C17H33NO2/c1-2-17(14-19,18-15-10-11-15)12-7-13-20-16-8-5-3-4-6-9-16/h15-16,18-19H,2-14H2,1H3. The number of aliphatic hydroxyl groups is 1. The van der Waals surface area contributed by atoms with E-state index in [1.54, 1.807) is 0 Å². The first-order valence-corrected chi connectivity index (χ1v) is 8.78. The molecule has 0 aromatic rings. The fourth-order valence-corrected chi connectivity index (χ4v) is 3.32. The summed E-state index contributed by atoms with van der Waals surface area (Å²) in [6, 6.07) is 0.657. The van der Waals surface area contributed by atoms with Crippen molar-refractivity contribution in [1.29, 1.82) is 0 Å². The molecule has 2 aliphatic rings. The third kappa shape index (κ3) is 5.34. The second-order valence-electron chi connectivity index (χ2n) is 6.80. The van der Waals surface area contributed by atoms with Gasteiger partial charge in [-0.3, -0.25) is 0 Å². The Hall–Kier alpha value is -0.120. The van der Waals surface area contributed by atoms with Gasteiger partial charge in [-0.15, -0.1) is 0 Å². The molecular formula is C17H33NO2. The molecule has 20 heavy (non-hydrogen) atoms. The minimum absolute atomic E-state index is 0.0615. The number of aliphatic hydroxyl groups excluding tert-OH is 1. The summed E-state index contributed by atoms with van der Waals surface area (Å²) >= 11 is 0. The van der Waals surface area contributed by atoms with E-state index in [4.69, 9.17) is 4.74 Å². The fraction of sp³-hybridized carbons (Fsp3) is 1.00. The molecule has 3 nitrogen and oxygen atoms in total. The summed E-state index contributed by atoms with van der Waals surface area (Å²) in [5.41, 5.74) is -0.0615. The Morgan fingerprint density at radius 1 is 1.10 bits per heavy atom. The zero-order chi connectivity index (χ0) is 14.3. The molecule has 118 valence electrons. The van der Waals surface area contributed by atoms with E-state index in [0.29, 0.717) is 12.1 Å². The Morgan fingerprint density at radius 3 is 2.35 bits per heavy atom. The van der Waals surface area contributed by atoms with Crippen LogP contribution < -0.4 is 5.32 Å². The molecule has 1 unspecified atom stereocenters. The van der Waals surface area contributed by atoms with Gasteiger partial charge in [-0.25, -0.2) is 0 Å². The van der Waals surface area contributed by atoms with Gasteiger partial charge in [0.2, 0.25) is 0 Å². The van der Waals surface area contributed by atoms with Crippen LogP contribution >= 0.6 is 0 Å². The number of ether oxygens (including phenoxy) is 1. The van der Waals surface area contributed by atoms with Crippen LogP contribution in [0, 0.1) is 0 Å². The predicted octanol–water partition coefficient (Wildman–Crippen LogP) is 3.40. The highest BCUT2D eigenvalue weighted by Crippen LogP contribution is 2.27. The Balaban J connectivity index is 1.64. The van der Waals surface area contributed by atoms with Crippen LogP contribution in [-0.4, -0.2) is 36.0 Å². The van der Waals surface area contributed by atoms with Gasteiger partial charge in [0.15, 0.2) is 0 Å². The van der Waals surface area contributed by atoms with Gasteiger partial charge in [0.1, 0.15) is 0 Å². The zero-order valence-corrected chi connectivity index (χ0v) is 13.2. The van der Waals surface area contributed by atoms with Crippen molar-refractivity contribution >= 4 is 0 Å². The monoisotopic (exact) mass is 283 g/mol. The molecule has 1 atom stereocenters. The first kappa shape index (κ1) is 16.3. The average molecular weight is 283 g/mol. The van der Waals surface area contributed by atoms with Crippen LogP contribution in [0.25, 0.3) is 0 Å². The van der Waals surface area contributed by atoms with Gasteiger partial charge in [-0.1, -0.05) is 32.6 Å². The van der Waals surface area contributed by atoms with Gasteiger partial charge < -0.3 is 15.2 Å². The lowest BCUT2D eigenvalue weighted by atomic mass is 9.91. The molecule has 2 aliphatic carbocycles. The van der Waals surface area contributed by atoms with Crippen LogP contribution in [0.1, 0.15) is 77.6 Å². The number of rotatable bonds is 9. The first-order chi connectivity index (χ1) is 9.78. The summed E-state index contributed by atoms with van der Waals surface area (Å²) in [6.45, 7) is 3.29. The van der Waals surface area contributed by atoms with Gasteiger partial charge in [0.05, 0.1) is 12.7 Å². The predicted molar refractivity (Wildman–Crippen MR) is 82.9 cm³/mol. The van der Waals surface area contributed by atoms with Crippen LogP contribution in [-0.2, 0) is 4.74 Å². The highest BCUT2D eigenvalue weighted by molar-refractivity contribution is 4.94. The van der Waals surface area contributed by atoms with Crippen LogP contribution in [0.4, 0.5) is 0 Å². The molecule has 0 bridgehead atoms.